The number of fused-ring (bicyclic) bond motifs is 1. The van der Waals surface area contributed by atoms with E-state index in [0.717, 1.165) is 26.9 Å². The quantitative estimate of drug-likeness (QED) is 0.647. The highest BCUT2D eigenvalue weighted by Crippen LogP contribution is 2.23. The lowest BCUT2D eigenvalue weighted by molar-refractivity contribution is 0.776. The van der Waals surface area contributed by atoms with Crippen molar-refractivity contribution in [3.63, 3.8) is 0 Å². The zero-order valence-corrected chi connectivity index (χ0v) is 13.4. The topological polar surface area (TPSA) is 41.6 Å². The Morgan fingerprint density at radius 3 is 2.76 bits per heavy atom. The van der Waals surface area contributed by atoms with Crippen molar-refractivity contribution in [3.8, 4) is 6.07 Å². The van der Waals surface area contributed by atoms with Gasteiger partial charge in [0.2, 0.25) is 0 Å². The van der Waals surface area contributed by atoms with Gasteiger partial charge in [-0.1, -0.05) is 34.1 Å². The van der Waals surface area contributed by atoms with Crippen LogP contribution in [0, 0.1) is 11.3 Å². The van der Waals surface area contributed by atoms with Gasteiger partial charge in [-0.2, -0.15) is 5.26 Å². The maximum atomic E-state index is 9.07. The number of nitriles is 1. The molecule has 0 bridgehead atoms. The second-order valence-electron chi connectivity index (χ2n) is 4.65. The van der Waals surface area contributed by atoms with Crippen molar-refractivity contribution in [2.24, 2.45) is 0 Å². The van der Waals surface area contributed by atoms with Crippen LogP contribution in [0.4, 0.5) is 0 Å². The van der Waals surface area contributed by atoms with Crippen molar-refractivity contribution < 1.29 is 0 Å². The lowest BCUT2D eigenvalue weighted by atomic mass is 10.2. The van der Waals surface area contributed by atoms with Crippen molar-refractivity contribution in [3.05, 3.63) is 63.9 Å². The summed E-state index contributed by atoms with van der Waals surface area (Å²) in [5.74, 6) is 1.14. The zero-order valence-electron chi connectivity index (χ0n) is 11.1. The maximum absolute atomic E-state index is 9.07. The van der Waals surface area contributed by atoms with Gasteiger partial charge in [0.25, 0.3) is 0 Å². The Hall–Kier alpha value is -1.83. The first-order valence-corrected chi connectivity index (χ1v) is 7.74. The number of aromatic nitrogens is 2. The highest BCUT2D eigenvalue weighted by atomic mass is 79.9. The van der Waals surface area contributed by atoms with Gasteiger partial charge in [0.15, 0.2) is 0 Å². The third-order valence-corrected chi connectivity index (χ3v) is 4.37. The number of benzene rings is 2. The average molecular weight is 361 g/mol. The van der Waals surface area contributed by atoms with Gasteiger partial charge in [0.1, 0.15) is 5.82 Å². The first-order chi connectivity index (χ1) is 10.2. The fourth-order valence-electron chi connectivity index (χ4n) is 2.32. The van der Waals surface area contributed by atoms with Gasteiger partial charge in [-0.15, -0.1) is 11.6 Å². The maximum Gasteiger partial charge on any atom is 0.125 e. The van der Waals surface area contributed by atoms with Gasteiger partial charge in [-0.25, -0.2) is 4.98 Å². The van der Waals surface area contributed by atoms with Crippen LogP contribution in [0.1, 0.15) is 17.0 Å². The standard InChI is InChI=1S/C16H11BrClN3/c17-13-4-2-1-3-12(13)10-21-15-7-11(9-19)5-6-14(15)20-16(21)8-18/h1-7H,8,10H2. The zero-order chi connectivity index (χ0) is 14.8. The molecule has 0 spiro atoms. The third kappa shape index (κ3) is 2.67. The summed E-state index contributed by atoms with van der Waals surface area (Å²) in [4.78, 5) is 4.54. The fourth-order valence-corrected chi connectivity index (χ4v) is 2.93. The summed E-state index contributed by atoms with van der Waals surface area (Å²) in [6.07, 6.45) is 0. The number of hydrogen-bond acceptors (Lipinski definition) is 2. The molecule has 0 saturated carbocycles. The van der Waals surface area contributed by atoms with E-state index in [4.69, 9.17) is 16.9 Å². The predicted octanol–water partition coefficient (Wildman–Crippen LogP) is 4.46. The number of alkyl halides is 1. The Morgan fingerprint density at radius 1 is 1.24 bits per heavy atom. The second kappa shape index (κ2) is 5.88. The summed E-state index contributed by atoms with van der Waals surface area (Å²) >= 11 is 9.58. The predicted molar refractivity (Wildman–Crippen MR) is 87.2 cm³/mol. The number of nitrogens with zero attached hydrogens (tertiary/aromatic N) is 3. The van der Waals surface area contributed by atoms with E-state index in [2.05, 4.69) is 37.6 Å². The van der Waals surface area contributed by atoms with Gasteiger partial charge in [-0.05, 0) is 29.8 Å². The molecule has 0 unspecified atom stereocenters. The van der Waals surface area contributed by atoms with E-state index in [-0.39, 0.29) is 0 Å². The van der Waals surface area contributed by atoms with Crippen molar-refractivity contribution in [2.75, 3.05) is 0 Å². The van der Waals surface area contributed by atoms with Crippen LogP contribution in [0.15, 0.2) is 46.9 Å². The molecule has 1 heterocycles. The summed E-state index contributed by atoms with van der Waals surface area (Å²) in [7, 11) is 0. The molecular weight excluding hydrogens is 350 g/mol. The summed E-state index contributed by atoms with van der Waals surface area (Å²) in [5.41, 5.74) is 3.56. The molecule has 0 saturated heterocycles. The Kier molecular flexibility index (Phi) is 3.96. The molecule has 0 fully saturated rings. The normalized spacial score (nSPS) is 10.7. The number of rotatable bonds is 3. The van der Waals surface area contributed by atoms with Crippen LogP contribution >= 0.6 is 27.5 Å². The van der Waals surface area contributed by atoms with Crippen molar-refractivity contribution in [1.29, 1.82) is 5.26 Å². The highest BCUT2D eigenvalue weighted by Gasteiger charge is 2.12. The van der Waals surface area contributed by atoms with E-state index in [1.165, 1.54) is 0 Å². The van der Waals surface area contributed by atoms with Crippen LogP contribution in [-0.2, 0) is 12.4 Å². The second-order valence-corrected chi connectivity index (χ2v) is 5.78. The minimum absolute atomic E-state index is 0.334. The van der Waals surface area contributed by atoms with E-state index in [0.29, 0.717) is 18.0 Å². The van der Waals surface area contributed by atoms with Crippen LogP contribution in [0.3, 0.4) is 0 Å². The van der Waals surface area contributed by atoms with E-state index in [9.17, 15) is 0 Å². The Morgan fingerprint density at radius 2 is 2.05 bits per heavy atom. The molecular formula is C16H11BrClN3. The number of imidazole rings is 1. The highest BCUT2D eigenvalue weighted by molar-refractivity contribution is 9.10. The Labute approximate surface area is 135 Å². The van der Waals surface area contributed by atoms with Crippen LogP contribution in [0.25, 0.3) is 11.0 Å². The summed E-state index contributed by atoms with van der Waals surface area (Å²) in [6, 6.07) is 15.7. The Bertz CT molecular complexity index is 848. The molecule has 0 aliphatic carbocycles. The van der Waals surface area contributed by atoms with Crippen molar-refractivity contribution >= 4 is 38.6 Å². The average Bonchev–Trinajstić information content (AvgIpc) is 2.86. The van der Waals surface area contributed by atoms with Crippen molar-refractivity contribution in [2.45, 2.75) is 12.4 Å². The van der Waals surface area contributed by atoms with E-state index in [1.807, 2.05) is 30.3 Å². The summed E-state index contributed by atoms with van der Waals surface area (Å²) in [6.45, 7) is 0.662. The minimum atomic E-state index is 0.334. The van der Waals surface area contributed by atoms with E-state index >= 15 is 0 Å². The van der Waals surface area contributed by atoms with Crippen LogP contribution < -0.4 is 0 Å². The molecule has 0 aliphatic rings. The monoisotopic (exact) mass is 359 g/mol. The molecule has 3 rings (SSSR count). The van der Waals surface area contributed by atoms with Gasteiger partial charge in [0, 0.05) is 4.47 Å². The molecule has 0 aliphatic heterocycles. The van der Waals surface area contributed by atoms with E-state index < -0.39 is 0 Å². The molecule has 3 aromatic rings. The van der Waals surface area contributed by atoms with Gasteiger partial charge in [0.05, 0.1) is 35.1 Å². The fraction of sp³-hybridized carbons (Fsp3) is 0.125. The summed E-state index contributed by atoms with van der Waals surface area (Å²) < 4.78 is 3.10. The molecule has 0 amide bonds. The van der Waals surface area contributed by atoms with E-state index in [1.54, 1.807) is 6.07 Å². The summed E-state index contributed by atoms with van der Waals surface area (Å²) in [5, 5.41) is 9.07. The van der Waals surface area contributed by atoms with Crippen molar-refractivity contribution in [1.82, 2.24) is 9.55 Å². The minimum Gasteiger partial charge on any atom is -0.322 e. The molecule has 2 aromatic carbocycles. The van der Waals surface area contributed by atoms with Gasteiger partial charge >= 0.3 is 0 Å². The number of hydrogen-bond donors (Lipinski definition) is 0. The lowest BCUT2D eigenvalue weighted by Crippen LogP contribution is -2.04. The molecule has 21 heavy (non-hydrogen) atoms. The van der Waals surface area contributed by atoms with Gasteiger partial charge in [-0.3, -0.25) is 0 Å². The molecule has 1 aromatic heterocycles. The lowest BCUT2D eigenvalue weighted by Gasteiger charge is -2.09. The SMILES string of the molecule is N#Cc1ccc2nc(CCl)n(Cc3ccccc3Br)c2c1. The molecule has 104 valence electrons. The first-order valence-electron chi connectivity index (χ1n) is 6.41. The number of halogens is 2. The van der Waals surface area contributed by atoms with Gasteiger partial charge < -0.3 is 4.57 Å². The van der Waals surface area contributed by atoms with Crippen LogP contribution in [-0.4, -0.2) is 9.55 Å². The van der Waals surface area contributed by atoms with Crippen LogP contribution in [0.5, 0.6) is 0 Å². The van der Waals surface area contributed by atoms with Crippen LogP contribution in [0.2, 0.25) is 0 Å². The first kappa shape index (κ1) is 14.1. The largest absolute Gasteiger partial charge is 0.322 e. The third-order valence-electron chi connectivity index (χ3n) is 3.36. The molecule has 0 atom stereocenters. The Balaban J connectivity index is 2.16. The molecule has 3 nitrogen and oxygen atoms in total. The molecule has 0 radical (unpaired) electrons. The smallest absolute Gasteiger partial charge is 0.125 e. The molecule has 5 heteroatoms. The molecule has 0 N–H and O–H groups in total.